The topological polar surface area (TPSA) is 70.8 Å². The van der Waals surface area contributed by atoms with Crippen LogP contribution < -0.4 is 10.2 Å². The Labute approximate surface area is 182 Å². The Morgan fingerprint density at radius 1 is 1.23 bits per heavy atom. The van der Waals surface area contributed by atoms with Gasteiger partial charge in [-0.1, -0.05) is 5.16 Å². The molecule has 1 aromatic heterocycles. The number of halogens is 1. The van der Waals surface area contributed by atoms with E-state index < -0.39 is 0 Å². The number of aromatic nitrogens is 1. The van der Waals surface area contributed by atoms with E-state index in [4.69, 9.17) is 9.26 Å². The molecule has 2 aliphatic rings. The summed E-state index contributed by atoms with van der Waals surface area (Å²) >= 11 is 0. The average molecular weight is 433 g/mol. The van der Waals surface area contributed by atoms with Crippen LogP contribution in [0.1, 0.15) is 39.0 Å². The Kier molecular flexibility index (Phi) is 7.40. The zero-order valence-electron chi connectivity index (χ0n) is 18.3. The van der Waals surface area contributed by atoms with Crippen molar-refractivity contribution in [1.82, 2.24) is 15.4 Å². The minimum absolute atomic E-state index is 0.00537. The minimum atomic E-state index is -0.265. The van der Waals surface area contributed by atoms with Gasteiger partial charge in [0.25, 0.3) is 0 Å². The molecule has 1 aliphatic heterocycles. The molecule has 1 N–H and O–H groups in total. The predicted octanol–water partition coefficient (Wildman–Crippen LogP) is 3.19. The molecule has 31 heavy (non-hydrogen) atoms. The normalized spacial score (nSPS) is 22.7. The number of ether oxygens (including phenoxy) is 1. The molecule has 1 saturated heterocycles. The van der Waals surface area contributed by atoms with Crippen LogP contribution in [0.25, 0.3) is 11.0 Å². The fraction of sp³-hybridized carbons (Fsp3) is 0.652. The number of fused-ring (bicyclic) bond motifs is 1. The van der Waals surface area contributed by atoms with Gasteiger partial charge in [-0.05, 0) is 69.7 Å². The Bertz CT molecular complexity index is 858. The van der Waals surface area contributed by atoms with E-state index in [1.807, 2.05) is 6.92 Å². The monoisotopic (exact) mass is 432 g/mol. The molecule has 1 aromatic carbocycles. The summed E-state index contributed by atoms with van der Waals surface area (Å²) in [4.78, 5) is 16.5. The van der Waals surface area contributed by atoms with Gasteiger partial charge in [0.2, 0.25) is 5.91 Å². The van der Waals surface area contributed by atoms with Crippen molar-refractivity contribution in [3.63, 3.8) is 0 Å². The van der Waals surface area contributed by atoms with Gasteiger partial charge in [0.05, 0.1) is 5.39 Å². The number of nitrogens with one attached hydrogen (secondary N) is 1. The Morgan fingerprint density at radius 3 is 2.74 bits per heavy atom. The molecular weight excluding hydrogens is 399 g/mol. The van der Waals surface area contributed by atoms with Crippen molar-refractivity contribution in [2.45, 2.75) is 45.1 Å². The average Bonchev–Trinajstić information content (AvgIpc) is 3.20. The summed E-state index contributed by atoms with van der Waals surface area (Å²) in [5, 5.41) is 8.02. The number of nitrogens with zero attached hydrogens (tertiary/aromatic N) is 3. The van der Waals surface area contributed by atoms with Crippen molar-refractivity contribution in [2.75, 3.05) is 50.8 Å². The Hall–Kier alpha value is -2.19. The highest BCUT2D eigenvalue weighted by atomic mass is 19.1. The smallest absolute Gasteiger partial charge is 0.246 e. The first-order valence-electron chi connectivity index (χ1n) is 11.5. The van der Waals surface area contributed by atoms with Gasteiger partial charge in [-0.15, -0.1) is 0 Å². The standard InChI is InChI=1S/C23H33FN4O3/c1-2-30-16-22(29)25-19-6-3-17(4-7-19)9-10-27-11-13-28(14-12-27)23-20-15-18(24)5-8-21(20)31-26-23/h5,8,15,17,19H,2-4,6-7,9-14,16H2,1H3,(H,25,29). The van der Waals surface area contributed by atoms with Crippen LogP contribution >= 0.6 is 0 Å². The van der Waals surface area contributed by atoms with Crippen LogP contribution in [-0.2, 0) is 9.53 Å². The third kappa shape index (κ3) is 5.74. The molecule has 0 bridgehead atoms. The fourth-order valence-electron chi connectivity index (χ4n) is 4.73. The molecule has 2 fully saturated rings. The molecule has 1 saturated carbocycles. The third-order valence-corrected chi connectivity index (χ3v) is 6.59. The summed E-state index contributed by atoms with van der Waals surface area (Å²) < 4.78 is 24.1. The highest BCUT2D eigenvalue weighted by Gasteiger charge is 2.25. The van der Waals surface area contributed by atoms with Crippen molar-refractivity contribution in [3.8, 4) is 0 Å². The van der Waals surface area contributed by atoms with E-state index in [0.717, 1.165) is 62.7 Å². The van der Waals surface area contributed by atoms with Crippen molar-refractivity contribution in [2.24, 2.45) is 5.92 Å². The van der Waals surface area contributed by atoms with Gasteiger partial charge < -0.3 is 19.5 Å². The SMILES string of the molecule is CCOCC(=O)NC1CCC(CCN2CCN(c3noc4ccc(F)cc34)CC2)CC1. The molecule has 0 spiro atoms. The molecule has 1 aliphatic carbocycles. The number of amides is 1. The maximum absolute atomic E-state index is 13.6. The number of carbonyl (C=O) groups excluding carboxylic acids is 1. The van der Waals surface area contributed by atoms with E-state index in [1.165, 1.54) is 31.4 Å². The van der Waals surface area contributed by atoms with Gasteiger partial charge in [0.1, 0.15) is 12.4 Å². The molecule has 0 atom stereocenters. The number of hydrogen-bond donors (Lipinski definition) is 1. The highest BCUT2D eigenvalue weighted by molar-refractivity contribution is 5.88. The van der Waals surface area contributed by atoms with E-state index in [1.54, 1.807) is 6.07 Å². The summed E-state index contributed by atoms with van der Waals surface area (Å²) in [5.41, 5.74) is 0.628. The van der Waals surface area contributed by atoms with Gasteiger partial charge >= 0.3 is 0 Å². The van der Waals surface area contributed by atoms with Crippen molar-refractivity contribution in [3.05, 3.63) is 24.0 Å². The first kappa shape index (κ1) is 22.0. The number of anilines is 1. The summed E-state index contributed by atoms with van der Waals surface area (Å²) in [6, 6.07) is 4.84. The zero-order valence-corrected chi connectivity index (χ0v) is 18.3. The maximum Gasteiger partial charge on any atom is 0.246 e. The summed E-state index contributed by atoms with van der Waals surface area (Å²) in [7, 11) is 0. The van der Waals surface area contributed by atoms with Crippen LogP contribution in [0.5, 0.6) is 0 Å². The second-order valence-electron chi connectivity index (χ2n) is 8.69. The van der Waals surface area contributed by atoms with E-state index in [-0.39, 0.29) is 18.3 Å². The molecule has 0 radical (unpaired) electrons. The lowest BCUT2D eigenvalue weighted by atomic mass is 9.84. The number of rotatable bonds is 8. The predicted molar refractivity (Wildman–Crippen MR) is 118 cm³/mol. The van der Waals surface area contributed by atoms with E-state index in [9.17, 15) is 9.18 Å². The minimum Gasteiger partial charge on any atom is -0.372 e. The lowest BCUT2D eigenvalue weighted by molar-refractivity contribution is -0.126. The Balaban J connectivity index is 1.17. The van der Waals surface area contributed by atoms with Gasteiger partial charge in [-0.3, -0.25) is 9.69 Å². The van der Waals surface area contributed by atoms with Crippen LogP contribution in [0.4, 0.5) is 10.2 Å². The highest BCUT2D eigenvalue weighted by Crippen LogP contribution is 2.29. The summed E-state index contributed by atoms with van der Waals surface area (Å²) in [6.07, 6.45) is 5.68. The summed E-state index contributed by atoms with van der Waals surface area (Å²) in [5.74, 6) is 1.23. The molecule has 2 heterocycles. The van der Waals surface area contributed by atoms with Crippen LogP contribution in [0.3, 0.4) is 0 Å². The zero-order chi connectivity index (χ0) is 21.6. The lowest BCUT2D eigenvalue weighted by Crippen LogP contribution is -2.47. The molecule has 8 heteroatoms. The van der Waals surface area contributed by atoms with Gasteiger partial charge in [-0.25, -0.2) is 4.39 Å². The van der Waals surface area contributed by atoms with E-state index in [0.29, 0.717) is 18.2 Å². The van der Waals surface area contributed by atoms with Crippen molar-refractivity contribution >= 4 is 22.7 Å². The van der Waals surface area contributed by atoms with Crippen molar-refractivity contribution in [1.29, 1.82) is 0 Å². The van der Waals surface area contributed by atoms with E-state index >= 15 is 0 Å². The van der Waals surface area contributed by atoms with Crippen LogP contribution in [0, 0.1) is 11.7 Å². The molecule has 1 amide bonds. The van der Waals surface area contributed by atoms with Gasteiger partial charge in [-0.2, -0.15) is 0 Å². The molecule has 0 unspecified atom stereocenters. The fourth-order valence-corrected chi connectivity index (χ4v) is 4.73. The second kappa shape index (κ2) is 10.4. The molecule has 4 rings (SSSR count). The summed E-state index contributed by atoms with van der Waals surface area (Å²) in [6.45, 7) is 7.44. The molecule has 2 aromatic rings. The second-order valence-corrected chi connectivity index (χ2v) is 8.69. The molecule has 7 nitrogen and oxygen atoms in total. The van der Waals surface area contributed by atoms with E-state index in [2.05, 4.69) is 20.3 Å². The maximum atomic E-state index is 13.6. The first-order valence-corrected chi connectivity index (χ1v) is 11.5. The third-order valence-electron chi connectivity index (χ3n) is 6.59. The Morgan fingerprint density at radius 2 is 2.00 bits per heavy atom. The number of piperazine rings is 1. The van der Waals surface area contributed by atoms with Gasteiger partial charge in [0.15, 0.2) is 11.4 Å². The quantitative estimate of drug-likeness (QED) is 0.691. The van der Waals surface area contributed by atoms with Crippen LogP contribution in [0.15, 0.2) is 22.7 Å². The van der Waals surface area contributed by atoms with Crippen LogP contribution in [0.2, 0.25) is 0 Å². The van der Waals surface area contributed by atoms with Gasteiger partial charge in [0, 0.05) is 38.8 Å². The largest absolute Gasteiger partial charge is 0.372 e. The number of carbonyl (C=O) groups is 1. The molecule has 170 valence electrons. The van der Waals surface area contributed by atoms with Crippen molar-refractivity contribution < 1.29 is 18.4 Å². The number of benzene rings is 1. The molecular formula is C23H33FN4O3. The first-order chi connectivity index (χ1) is 15.1. The lowest BCUT2D eigenvalue weighted by Gasteiger charge is -2.36. The number of hydrogen-bond acceptors (Lipinski definition) is 6. The van der Waals surface area contributed by atoms with Crippen LogP contribution in [-0.4, -0.2) is 67.9 Å².